The summed E-state index contributed by atoms with van der Waals surface area (Å²) in [5.74, 6) is 0.407. The van der Waals surface area contributed by atoms with Gasteiger partial charge in [-0.15, -0.1) is 0 Å². The third-order valence-corrected chi connectivity index (χ3v) is 7.44. The molecule has 13 nitrogen and oxygen atoms in total. The van der Waals surface area contributed by atoms with Gasteiger partial charge in [-0.3, -0.25) is 4.79 Å². The Morgan fingerprint density at radius 3 is 1.69 bits per heavy atom. The number of nitrogens with zero attached hydrogens (tertiary/aromatic N) is 1. The fraction of sp³-hybridized carbons (Fsp3) is 0.583. The van der Waals surface area contributed by atoms with E-state index in [1.54, 1.807) is 70.7 Å². The molecule has 2 aromatic rings. The van der Waals surface area contributed by atoms with E-state index in [0.29, 0.717) is 38.5 Å². The number of morpholine rings is 1. The van der Waals surface area contributed by atoms with Crippen molar-refractivity contribution in [2.45, 2.75) is 89.9 Å². The molecule has 1 aliphatic rings. The lowest BCUT2D eigenvalue weighted by atomic mass is 10.00. The van der Waals surface area contributed by atoms with Crippen molar-refractivity contribution in [1.82, 2.24) is 20.9 Å². The summed E-state index contributed by atoms with van der Waals surface area (Å²) in [4.78, 5) is 39.4. The lowest BCUT2D eigenvalue weighted by Crippen LogP contribution is -2.53. The molecular weight excluding hydrogens is 632 g/mol. The Bertz CT molecular complexity index is 1310. The van der Waals surface area contributed by atoms with Crippen molar-refractivity contribution in [3.05, 3.63) is 65.7 Å². The highest BCUT2D eigenvalue weighted by Crippen LogP contribution is 2.16. The van der Waals surface area contributed by atoms with Gasteiger partial charge >= 0.3 is 12.2 Å². The van der Waals surface area contributed by atoms with Crippen molar-refractivity contribution in [3.8, 4) is 5.75 Å². The molecule has 0 spiro atoms. The van der Waals surface area contributed by atoms with Gasteiger partial charge in [0.1, 0.15) is 17.0 Å². The topological polar surface area (TPSA) is 168 Å². The summed E-state index contributed by atoms with van der Waals surface area (Å²) in [6, 6.07) is 15.1. The Morgan fingerprint density at radius 1 is 0.755 bits per heavy atom. The number of ether oxygens (including phenoxy) is 4. The Kier molecular flexibility index (Phi) is 15.1. The van der Waals surface area contributed by atoms with E-state index < -0.39 is 47.7 Å². The second kappa shape index (κ2) is 18.7. The van der Waals surface area contributed by atoms with E-state index in [-0.39, 0.29) is 32.0 Å². The first-order chi connectivity index (χ1) is 23.1. The summed E-state index contributed by atoms with van der Waals surface area (Å²) < 4.78 is 21.8. The molecule has 0 bridgehead atoms. The summed E-state index contributed by atoms with van der Waals surface area (Å²) in [5, 5.41) is 31.0. The predicted molar refractivity (Wildman–Crippen MR) is 184 cm³/mol. The molecule has 13 heteroatoms. The smallest absolute Gasteiger partial charge is 0.407 e. The number of hydrogen-bond donors (Lipinski definition) is 5. The number of aliphatic hydroxyl groups is 2. The van der Waals surface area contributed by atoms with Crippen molar-refractivity contribution < 1.29 is 43.5 Å². The normalized spacial score (nSPS) is 16.1. The van der Waals surface area contributed by atoms with Crippen LogP contribution in [0.25, 0.3) is 0 Å². The zero-order valence-electron chi connectivity index (χ0n) is 29.6. The second-order valence-corrected chi connectivity index (χ2v) is 14.1. The van der Waals surface area contributed by atoms with Crippen LogP contribution in [0.3, 0.4) is 0 Å². The second-order valence-electron chi connectivity index (χ2n) is 14.1. The number of amides is 3. The van der Waals surface area contributed by atoms with Crippen molar-refractivity contribution in [2.75, 3.05) is 46.0 Å². The average Bonchev–Trinajstić information content (AvgIpc) is 3.02. The van der Waals surface area contributed by atoms with Crippen LogP contribution >= 0.6 is 0 Å². The molecule has 1 heterocycles. The first-order valence-corrected chi connectivity index (χ1v) is 16.7. The van der Waals surface area contributed by atoms with Gasteiger partial charge in [-0.2, -0.15) is 0 Å². The molecule has 2 aromatic carbocycles. The molecule has 1 aliphatic heterocycles. The molecule has 49 heavy (non-hydrogen) atoms. The van der Waals surface area contributed by atoms with Gasteiger partial charge in [0.05, 0.1) is 37.5 Å². The summed E-state index contributed by atoms with van der Waals surface area (Å²) in [6.07, 6.45) is -2.81. The number of rotatable bonds is 15. The minimum absolute atomic E-state index is 0.0207. The number of alkyl carbamates (subject to hydrolysis) is 2. The van der Waals surface area contributed by atoms with Gasteiger partial charge in [-0.05, 0) is 77.6 Å². The molecule has 3 rings (SSSR count). The van der Waals surface area contributed by atoms with Crippen molar-refractivity contribution >= 4 is 18.1 Å². The monoisotopic (exact) mass is 686 g/mol. The van der Waals surface area contributed by atoms with E-state index in [9.17, 15) is 24.6 Å². The van der Waals surface area contributed by atoms with E-state index in [1.807, 2.05) is 30.3 Å². The fourth-order valence-corrected chi connectivity index (χ4v) is 5.04. The lowest BCUT2D eigenvalue weighted by Gasteiger charge is -2.29. The number of nitrogens with one attached hydrogen (secondary N) is 3. The zero-order valence-corrected chi connectivity index (χ0v) is 29.6. The standard InChI is InChI=1S/C36H54N4O9/c1-35(2,3)48-33(44)38-28(20-25-10-8-7-9-11-25)30(41)22-37-23-31(42)29(39-34(45)49-36(4,5)6)21-26-12-14-27(15-13-26)47-24-32(43)40-16-18-46-19-17-40/h7-15,28-31,37,41-42H,16-24H2,1-6H3,(H,38,44)(H,39,45)/t28-,29+,30+,31+/m0/s1. The number of hydrogen-bond acceptors (Lipinski definition) is 10. The van der Waals surface area contributed by atoms with Crippen LogP contribution in [0.5, 0.6) is 5.75 Å². The molecule has 0 aromatic heterocycles. The number of benzene rings is 2. The molecule has 5 N–H and O–H groups in total. The number of carbonyl (C=O) groups is 3. The zero-order chi connectivity index (χ0) is 36.0. The highest BCUT2D eigenvalue weighted by molar-refractivity contribution is 5.77. The van der Waals surface area contributed by atoms with Crippen LogP contribution in [-0.2, 0) is 31.8 Å². The Morgan fingerprint density at radius 2 is 1.22 bits per heavy atom. The van der Waals surface area contributed by atoms with Gasteiger partial charge in [0.15, 0.2) is 6.61 Å². The van der Waals surface area contributed by atoms with Crippen molar-refractivity contribution in [2.24, 2.45) is 0 Å². The van der Waals surface area contributed by atoms with Gasteiger partial charge < -0.3 is 50.0 Å². The highest BCUT2D eigenvalue weighted by atomic mass is 16.6. The minimum Gasteiger partial charge on any atom is -0.484 e. The van der Waals surface area contributed by atoms with E-state index in [0.717, 1.165) is 11.1 Å². The molecule has 4 atom stereocenters. The molecule has 0 saturated carbocycles. The predicted octanol–water partition coefficient (Wildman–Crippen LogP) is 2.81. The van der Waals surface area contributed by atoms with Gasteiger partial charge in [0, 0.05) is 26.2 Å². The number of carbonyl (C=O) groups excluding carboxylic acids is 3. The van der Waals surface area contributed by atoms with Crippen LogP contribution in [0.4, 0.5) is 9.59 Å². The number of aliphatic hydroxyl groups excluding tert-OH is 2. The quantitative estimate of drug-likeness (QED) is 0.188. The third kappa shape index (κ3) is 15.5. The van der Waals surface area contributed by atoms with Gasteiger partial charge in [-0.25, -0.2) is 9.59 Å². The highest BCUT2D eigenvalue weighted by Gasteiger charge is 2.28. The maximum absolute atomic E-state index is 12.7. The largest absolute Gasteiger partial charge is 0.484 e. The maximum Gasteiger partial charge on any atom is 0.407 e. The van der Waals surface area contributed by atoms with Crippen molar-refractivity contribution in [1.29, 1.82) is 0 Å². The van der Waals surface area contributed by atoms with Crippen LogP contribution < -0.4 is 20.7 Å². The fourth-order valence-electron chi connectivity index (χ4n) is 5.04. The summed E-state index contributed by atoms with van der Waals surface area (Å²) in [7, 11) is 0. The average molecular weight is 687 g/mol. The molecule has 1 saturated heterocycles. The molecule has 0 aliphatic carbocycles. The molecule has 0 unspecified atom stereocenters. The van der Waals surface area contributed by atoms with E-state index in [4.69, 9.17) is 18.9 Å². The van der Waals surface area contributed by atoms with Crippen LogP contribution in [0, 0.1) is 0 Å². The van der Waals surface area contributed by atoms with Gasteiger partial charge in [0.2, 0.25) is 0 Å². The van der Waals surface area contributed by atoms with E-state index in [1.165, 1.54) is 0 Å². The van der Waals surface area contributed by atoms with E-state index >= 15 is 0 Å². The van der Waals surface area contributed by atoms with Crippen LogP contribution in [0.15, 0.2) is 54.6 Å². The first-order valence-electron chi connectivity index (χ1n) is 16.7. The summed E-state index contributed by atoms with van der Waals surface area (Å²) >= 11 is 0. The summed E-state index contributed by atoms with van der Waals surface area (Å²) in [6.45, 7) is 12.6. The third-order valence-electron chi connectivity index (χ3n) is 7.44. The summed E-state index contributed by atoms with van der Waals surface area (Å²) in [5.41, 5.74) is 0.273. The van der Waals surface area contributed by atoms with Crippen molar-refractivity contribution in [3.63, 3.8) is 0 Å². The Hall–Kier alpha value is -3.91. The minimum atomic E-state index is -1.08. The van der Waals surface area contributed by atoms with Crippen LogP contribution in [0.1, 0.15) is 52.7 Å². The molecule has 272 valence electrons. The van der Waals surface area contributed by atoms with E-state index in [2.05, 4.69) is 16.0 Å². The SMILES string of the molecule is CC(C)(C)OC(=O)N[C@@H](Cc1ccccc1)[C@H](O)CNC[C@@H](O)[C@@H](Cc1ccc(OCC(=O)N2CCOCC2)cc1)NC(=O)OC(C)(C)C. The molecular formula is C36H54N4O9. The van der Waals surface area contributed by atoms with Gasteiger partial charge in [-0.1, -0.05) is 42.5 Å². The van der Waals surface area contributed by atoms with Gasteiger partial charge in [0.25, 0.3) is 5.91 Å². The van der Waals surface area contributed by atoms with Crippen LogP contribution in [0.2, 0.25) is 0 Å². The Balaban J connectivity index is 1.61. The molecule has 0 radical (unpaired) electrons. The first kappa shape index (κ1) is 39.5. The van der Waals surface area contributed by atoms with Crippen LogP contribution in [-0.4, -0.2) is 115 Å². The lowest BCUT2D eigenvalue weighted by molar-refractivity contribution is -0.137. The molecule has 1 fully saturated rings. The Labute approximate surface area is 289 Å². The molecule has 3 amide bonds. The maximum atomic E-state index is 12.7.